The Labute approximate surface area is 169 Å². The van der Waals surface area contributed by atoms with E-state index in [1.54, 1.807) is 0 Å². The fourth-order valence-corrected chi connectivity index (χ4v) is 3.24. The van der Waals surface area contributed by atoms with Crippen LogP contribution in [0.5, 0.6) is 0 Å². The number of nitrogens with one attached hydrogen (secondary N) is 2. The lowest BCUT2D eigenvalue weighted by atomic mass is 10.0. The first kappa shape index (κ1) is 22.2. The molecule has 6 nitrogen and oxygen atoms in total. The highest BCUT2D eigenvalue weighted by atomic mass is 127. The van der Waals surface area contributed by atoms with Crippen molar-refractivity contribution in [3.63, 3.8) is 0 Å². The molecule has 1 aromatic rings. The van der Waals surface area contributed by atoms with Crippen molar-refractivity contribution < 1.29 is 0 Å². The smallest absolute Gasteiger partial charge is 0.190 e. The predicted molar refractivity (Wildman–Crippen MR) is 116 cm³/mol. The van der Waals surface area contributed by atoms with Crippen LogP contribution in [-0.2, 0) is 6.54 Å². The Hall–Kier alpha value is -0.830. The summed E-state index contributed by atoms with van der Waals surface area (Å²) in [5.41, 5.74) is 0. The van der Waals surface area contributed by atoms with E-state index in [0.29, 0.717) is 0 Å². The van der Waals surface area contributed by atoms with E-state index in [0.717, 1.165) is 38.1 Å². The van der Waals surface area contributed by atoms with Gasteiger partial charge in [0.15, 0.2) is 5.96 Å². The van der Waals surface area contributed by atoms with Crippen molar-refractivity contribution in [2.24, 2.45) is 4.99 Å². The van der Waals surface area contributed by atoms with Crippen LogP contribution in [0.4, 0.5) is 0 Å². The zero-order chi connectivity index (χ0) is 17.0. The third-order valence-corrected chi connectivity index (χ3v) is 4.74. The third-order valence-electron chi connectivity index (χ3n) is 4.74. The van der Waals surface area contributed by atoms with Crippen LogP contribution in [-0.4, -0.2) is 59.9 Å². The number of rotatable bonds is 9. The number of aliphatic imine (C=N–C) groups is 1. The Kier molecular flexibility index (Phi) is 11.9. The van der Waals surface area contributed by atoms with Gasteiger partial charge < -0.3 is 15.5 Å². The zero-order valence-electron chi connectivity index (χ0n) is 15.8. The highest BCUT2D eigenvalue weighted by Gasteiger charge is 2.16. The second-order valence-corrected chi connectivity index (χ2v) is 6.64. The van der Waals surface area contributed by atoms with Crippen LogP contribution in [0.3, 0.4) is 0 Å². The number of hydrogen-bond donors (Lipinski definition) is 2. The molecule has 1 saturated heterocycles. The molecule has 0 amide bonds. The van der Waals surface area contributed by atoms with E-state index in [4.69, 9.17) is 0 Å². The van der Waals surface area contributed by atoms with E-state index in [9.17, 15) is 0 Å². The number of hydrogen-bond acceptors (Lipinski definition) is 3. The summed E-state index contributed by atoms with van der Waals surface area (Å²) in [5.74, 6) is 0.904. The van der Waals surface area contributed by atoms with Gasteiger partial charge in [0.1, 0.15) is 0 Å². The number of piperidine rings is 1. The van der Waals surface area contributed by atoms with Crippen LogP contribution in [0.1, 0.15) is 45.4 Å². The summed E-state index contributed by atoms with van der Waals surface area (Å²) in [6, 6.07) is 2.73. The van der Waals surface area contributed by atoms with Gasteiger partial charge >= 0.3 is 0 Å². The molecular weight excluding hydrogens is 427 g/mol. The average molecular weight is 462 g/mol. The topological polar surface area (TPSA) is 57.5 Å². The molecule has 1 fully saturated rings. The minimum absolute atomic E-state index is 0. The molecule has 2 N–H and O–H groups in total. The molecule has 1 unspecified atom stereocenters. The number of aromatic nitrogens is 2. The zero-order valence-corrected chi connectivity index (χ0v) is 18.1. The molecule has 1 atom stereocenters. The van der Waals surface area contributed by atoms with Crippen LogP contribution in [0.2, 0.25) is 0 Å². The second-order valence-electron chi connectivity index (χ2n) is 6.64. The molecule has 144 valence electrons. The summed E-state index contributed by atoms with van der Waals surface area (Å²) in [6.07, 6.45) is 11.4. The molecule has 0 saturated carbocycles. The molecule has 0 spiro atoms. The molecular formula is C18H35IN6. The molecule has 7 heteroatoms. The summed E-state index contributed by atoms with van der Waals surface area (Å²) in [7, 11) is 1.83. The molecule has 2 rings (SSSR count). The van der Waals surface area contributed by atoms with E-state index in [-0.39, 0.29) is 24.0 Å². The summed E-state index contributed by atoms with van der Waals surface area (Å²) < 4.78 is 1.96. The van der Waals surface area contributed by atoms with Gasteiger partial charge in [-0.25, -0.2) is 0 Å². The quantitative estimate of drug-likeness (QED) is 0.257. The van der Waals surface area contributed by atoms with Gasteiger partial charge in [-0.05, 0) is 58.2 Å². The number of halogens is 1. The maximum Gasteiger partial charge on any atom is 0.190 e. The van der Waals surface area contributed by atoms with E-state index < -0.39 is 0 Å². The Balaban J connectivity index is 0.00000312. The highest BCUT2D eigenvalue weighted by Crippen LogP contribution is 2.16. The summed E-state index contributed by atoms with van der Waals surface area (Å²) in [6.45, 7) is 7.72. The van der Waals surface area contributed by atoms with Crippen LogP contribution in [0.15, 0.2) is 23.5 Å². The van der Waals surface area contributed by atoms with Gasteiger partial charge in [0.2, 0.25) is 0 Å². The molecule has 1 aromatic heterocycles. The Morgan fingerprint density at radius 3 is 2.64 bits per heavy atom. The molecule has 2 heterocycles. The molecule has 0 bridgehead atoms. The summed E-state index contributed by atoms with van der Waals surface area (Å²) in [4.78, 5) is 6.93. The monoisotopic (exact) mass is 462 g/mol. The normalized spacial score (nSPS) is 18.6. The van der Waals surface area contributed by atoms with Crippen molar-refractivity contribution in [1.82, 2.24) is 25.3 Å². The van der Waals surface area contributed by atoms with Gasteiger partial charge in [0.25, 0.3) is 0 Å². The Morgan fingerprint density at radius 2 is 1.96 bits per heavy atom. The van der Waals surface area contributed by atoms with Crippen molar-refractivity contribution in [2.75, 3.05) is 33.2 Å². The predicted octanol–water partition coefficient (Wildman–Crippen LogP) is 2.71. The first-order valence-electron chi connectivity index (χ1n) is 9.45. The maximum atomic E-state index is 4.28. The summed E-state index contributed by atoms with van der Waals surface area (Å²) >= 11 is 0. The number of likely N-dealkylation sites (tertiary alicyclic amines) is 1. The van der Waals surface area contributed by atoms with Crippen LogP contribution >= 0.6 is 24.0 Å². The Morgan fingerprint density at radius 1 is 1.16 bits per heavy atom. The van der Waals surface area contributed by atoms with Crippen molar-refractivity contribution >= 4 is 29.9 Å². The van der Waals surface area contributed by atoms with E-state index in [1.165, 1.54) is 45.2 Å². The van der Waals surface area contributed by atoms with Crippen LogP contribution in [0.25, 0.3) is 0 Å². The van der Waals surface area contributed by atoms with Crippen molar-refractivity contribution in [1.29, 1.82) is 0 Å². The fraction of sp³-hybridized carbons (Fsp3) is 0.778. The van der Waals surface area contributed by atoms with E-state index in [2.05, 4.69) is 32.5 Å². The van der Waals surface area contributed by atoms with E-state index in [1.807, 2.05) is 30.2 Å². The number of aryl methyl sites for hydroxylation is 1. The van der Waals surface area contributed by atoms with Gasteiger partial charge in [-0.15, -0.1) is 24.0 Å². The second kappa shape index (κ2) is 13.4. The highest BCUT2D eigenvalue weighted by molar-refractivity contribution is 14.0. The van der Waals surface area contributed by atoms with Gasteiger partial charge in [-0.3, -0.25) is 9.67 Å². The Bertz CT molecular complexity index is 462. The van der Waals surface area contributed by atoms with Crippen molar-refractivity contribution in [2.45, 2.75) is 58.0 Å². The van der Waals surface area contributed by atoms with Crippen LogP contribution < -0.4 is 10.6 Å². The lowest BCUT2D eigenvalue weighted by Crippen LogP contribution is -2.39. The van der Waals surface area contributed by atoms with Crippen molar-refractivity contribution in [3.8, 4) is 0 Å². The lowest BCUT2D eigenvalue weighted by molar-refractivity contribution is 0.158. The van der Waals surface area contributed by atoms with Gasteiger partial charge in [0.05, 0.1) is 0 Å². The van der Waals surface area contributed by atoms with Crippen LogP contribution in [0, 0.1) is 0 Å². The molecule has 1 aliphatic heterocycles. The molecule has 0 aliphatic carbocycles. The number of unbranched alkanes of at least 4 members (excludes halogenated alkanes) is 1. The summed E-state index contributed by atoms with van der Waals surface area (Å²) in [5, 5.41) is 11.0. The SMILES string of the molecule is CN=C(NCCCCN1CCCCC1C)NCCCn1cccn1.I. The lowest BCUT2D eigenvalue weighted by Gasteiger charge is -2.33. The molecule has 0 radical (unpaired) electrons. The maximum absolute atomic E-state index is 4.28. The third kappa shape index (κ3) is 8.89. The van der Waals surface area contributed by atoms with Gasteiger partial charge in [-0.2, -0.15) is 5.10 Å². The standard InChI is InChI=1S/C18H34N6.HI/c1-17-9-3-5-13-23(17)14-6-4-10-20-18(19-2)21-11-7-15-24-16-8-12-22-24;/h8,12,16-17H,3-7,9-11,13-15H2,1-2H3,(H2,19,20,21);1H. The minimum atomic E-state index is 0. The average Bonchev–Trinajstić information content (AvgIpc) is 3.11. The van der Waals surface area contributed by atoms with Gasteiger partial charge in [-0.1, -0.05) is 6.42 Å². The largest absolute Gasteiger partial charge is 0.356 e. The minimum Gasteiger partial charge on any atom is -0.356 e. The van der Waals surface area contributed by atoms with Gasteiger partial charge in [0, 0.05) is 45.1 Å². The first-order chi connectivity index (χ1) is 11.8. The first-order valence-corrected chi connectivity index (χ1v) is 9.45. The molecule has 25 heavy (non-hydrogen) atoms. The van der Waals surface area contributed by atoms with Crippen molar-refractivity contribution in [3.05, 3.63) is 18.5 Å². The molecule has 1 aliphatic rings. The number of guanidine groups is 1. The number of nitrogens with zero attached hydrogens (tertiary/aromatic N) is 4. The molecule has 0 aromatic carbocycles. The van der Waals surface area contributed by atoms with E-state index >= 15 is 0 Å². The fourth-order valence-electron chi connectivity index (χ4n) is 3.24.